The largest absolute Gasteiger partial charge is 0.308 e. The Labute approximate surface area is 154 Å². The van der Waals surface area contributed by atoms with Crippen molar-refractivity contribution < 1.29 is 0 Å². The average molecular weight is 382 g/mol. The highest BCUT2D eigenvalue weighted by molar-refractivity contribution is 7.17. The number of rotatable bonds is 6. The Bertz CT molecular complexity index is 906. The number of aromatic nitrogens is 2. The lowest BCUT2D eigenvalue weighted by molar-refractivity contribution is 0.251. The van der Waals surface area contributed by atoms with Gasteiger partial charge in [0.1, 0.15) is 10.5 Å². The van der Waals surface area contributed by atoms with Crippen LogP contribution in [0, 0.1) is 0 Å². The fourth-order valence-electron chi connectivity index (χ4n) is 2.63. The number of benzene rings is 1. The third kappa shape index (κ3) is 3.98. The fourth-order valence-corrected chi connectivity index (χ4v) is 3.82. The van der Waals surface area contributed by atoms with Crippen molar-refractivity contribution in [3.05, 3.63) is 61.4 Å². The maximum atomic E-state index is 12.1. The molecule has 0 aliphatic heterocycles. The topological polar surface area (TPSA) is 49.0 Å². The van der Waals surface area contributed by atoms with Gasteiger partial charge in [0.2, 0.25) is 0 Å². The summed E-state index contributed by atoms with van der Waals surface area (Å²) in [5.41, 5.74) is 1.68. The molecule has 0 radical (unpaired) electrons. The van der Waals surface area contributed by atoms with Crippen LogP contribution in [-0.2, 0) is 13.1 Å². The predicted molar refractivity (Wildman–Crippen MR) is 101 cm³/mol. The zero-order chi connectivity index (χ0) is 17.1. The van der Waals surface area contributed by atoms with E-state index in [1.165, 1.54) is 11.3 Å². The summed E-state index contributed by atoms with van der Waals surface area (Å²) < 4.78 is 0.668. The van der Waals surface area contributed by atoms with Gasteiger partial charge >= 0.3 is 0 Å². The molecule has 2 aromatic heterocycles. The van der Waals surface area contributed by atoms with Crippen molar-refractivity contribution in [2.24, 2.45) is 0 Å². The highest BCUT2D eigenvalue weighted by Gasteiger charge is 2.12. The molecule has 0 spiro atoms. The summed E-state index contributed by atoms with van der Waals surface area (Å²) in [5.74, 6) is 0.671. The van der Waals surface area contributed by atoms with Gasteiger partial charge in [-0.1, -0.05) is 36.2 Å². The summed E-state index contributed by atoms with van der Waals surface area (Å²) in [6, 6.07) is 7.40. The summed E-state index contributed by atoms with van der Waals surface area (Å²) in [7, 11) is 0. The Kier molecular flexibility index (Phi) is 5.56. The van der Waals surface area contributed by atoms with Gasteiger partial charge < -0.3 is 4.98 Å². The van der Waals surface area contributed by atoms with Gasteiger partial charge in [-0.3, -0.25) is 9.69 Å². The number of hydrogen-bond donors (Lipinski definition) is 1. The van der Waals surface area contributed by atoms with Gasteiger partial charge in [-0.15, -0.1) is 11.3 Å². The molecule has 3 aromatic rings. The smallest absolute Gasteiger partial charge is 0.268 e. The summed E-state index contributed by atoms with van der Waals surface area (Å²) in [5, 5.41) is 3.16. The first-order valence-electron chi connectivity index (χ1n) is 7.69. The van der Waals surface area contributed by atoms with Crippen molar-refractivity contribution in [1.82, 2.24) is 14.9 Å². The Morgan fingerprint density at radius 2 is 2.08 bits per heavy atom. The molecule has 0 fully saturated rings. The van der Waals surface area contributed by atoms with Crippen molar-refractivity contribution >= 4 is 44.8 Å². The predicted octanol–water partition coefficient (Wildman–Crippen LogP) is 4.70. The maximum Gasteiger partial charge on any atom is 0.268 e. The zero-order valence-electron chi connectivity index (χ0n) is 13.2. The van der Waals surface area contributed by atoms with Crippen LogP contribution in [0.15, 0.2) is 34.4 Å². The number of halogens is 2. The van der Waals surface area contributed by atoms with Gasteiger partial charge in [-0.05, 0) is 42.1 Å². The van der Waals surface area contributed by atoms with E-state index in [1.807, 2.05) is 23.6 Å². The van der Waals surface area contributed by atoms with E-state index in [9.17, 15) is 4.79 Å². The second-order valence-electron chi connectivity index (χ2n) is 5.59. The molecule has 0 unspecified atom stereocenters. The second kappa shape index (κ2) is 7.66. The van der Waals surface area contributed by atoms with Gasteiger partial charge in [0, 0.05) is 16.6 Å². The molecular weight excluding hydrogens is 365 g/mol. The maximum absolute atomic E-state index is 12.1. The molecule has 126 valence electrons. The first-order chi connectivity index (χ1) is 11.6. The molecule has 7 heteroatoms. The number of nitrogens with zero attached hydrogens (tertiary/aromatic N) is 2. The monoisotopic (exact) mass is 381 g/mol. The van der Waals surface area contributed by atoms with E-state index < -0.39 is 0 Å². The summed E-state index contributed by atoms with van der Waals surface area (Å²) in [4.78, 5) is 21.8. The minimum Gasteiger partial charge on any atom is -0.308 e. The minimum atomic E-state index is -0.0778. The van der Waals surface area contributed by atoms with E-state index in [-0.39, 0.29) is 5.56 Å². The molecule has 1 N–H and O–H groups in total. The van der Waals surface area contributed by atoms with Crippen molar-refractivity contribution in [3.63, 3.8) is 0 Å². The van der Waals surface area contributed by atoms with Crippen LogP contribution in [-0.4, -0.2) is 21.4 Å². The van der Waals surface area contributed by atoms with E-state index in [2.05, 4.69) is 21.8 Å². The molecule has 0 atom stereocenters. The van der Waals surface area contributed by atoms with Gasteiger partial charge in [-0.2, -0.15) is 0 Å². The van der Waals surface area contributed by atoms with Crippen molar-refractivity contribution in [1.29, 1.82) is 0 Å². The molecular formula is C17H17Cl2N3OS. The number of aromatic amines is 1. The van der Waals surface area contributed by atoms with Crippen molar-refractivity contribution in [2.45, 2.75) is 26.4 Å². The number of hydrogen-bond acceptors (Lipinski definition) is 4. The quantitative estimate of drug-likeness (QED) is 0.672. The van der Waals surface area contributed by atoms with Crippen LogP contribution in [0.2, 0.25) is 10.0 Å². The van der Waals surface area contributed by atoms with Gasteiger partial charge in [0.05, 0.1) is 12.1 Å². The van der Waals surface area contributed by atoms with Crippen LogP contribution in [0.4, 0.5) is 0 Å². The van der Waals surface area contributed by atoms with E-state index in [0.717, 1.165) is 24.0 Å². The Morgan fingerprint density at radius 3 is 2.83 bits per heavy atom. The normalized spacial score (nSPS) is 11.5. The molecule has 0 amide bonds. The molecule has 0 saturated carbocycles. The first-order valence-corrected chi connectivity index (χ1v) is 9.33. The minimum absolute atomic E-state index is 0.0778. The van der Waals surface area contributed by atoms with Crippen molar-refractivity contribution in [2.75, 3.05) is 6.54 Å². The standard InChI is InChI=1S/C17H17Cl2N3OS/c1-2-6-22(9-11-3-4-12(18)8-13(11)19)10-15-20-14-5-7-24-16(14)17(23)21-15/h3-5,7-8H,2,6,9-10H2,1H3,(H,20,21,23). The van der Waals surface area contributed by atoms with Gasteiger partial charge in [-0.25, -0.2) is 4.98 Å². The molecule has 1 aromatic carbocycles. The zero-order valence-corrected chi connectivity index (χ0v) is 15.5. The highest BCUT2D eigenvalue weighted by atomic mass is 35.5. The van der Waals surface area contributed by atoms with E-state index in [1.54, 1.807) is 6.07 Å². The van der Waals surface area contributed by atoms with E-state index in [4.69, 9.17) is 23.2 Å². The summed E-state index contributed by atoms with van der Waals surface area (Å²) >= 11 is 13.6. The Morgan fingerprint density at radius 1 is 1.25 bits per heavy atom. The molecule has 3 rings (SSSR count). The number of H-pyrrole nitrogens is 1. The lowest BCUT2D eigenvalue weighted by Crippen LogP contribution is -2.26. The van der Waals surface area contributed by atoms with Crippen LogP contribution in [0.3, 0.4) is 0 Å². The molecule has 0 aliphatic carbocycles. The number of thiophene rings is 1. The lowest BCUT2D eigenvalue weighted by atomic mass is 10.2. The van der Waals surface area contributed by atoms with Crippen LogP contribution >= 0.6 is 34.5 Å². The number of fused-ring (bicyclic) bond motifs is 1. The van der Waals surface area contributed by atoms with Crippen LogP contribution < -0.4 is 5.56 Å². The van der Waals surface area contributed by atoms with Crippen LogP contribution in [0.1, 0.15) is 24.7 Å². The molecule has 0 aliphatic rings. The average Bonchev–Trinajstić information content (AvgIpc) is 2.99. The molecule has 4 nitrogen and oxygen atoms in total. The van der Waals surface area contributed by atoms with E-state index in [0.29, 0.717) is 33.7 Å². The first kappa shape index (κ1) is 17.4. The van der Waals surface area contributed by atoms with Gasteiger partial charge in [0.15, 0.2) is 0 Å². The second-order valence-corrected chi connectivity index (χ2v) is 7.35. The summed E-state index contributed by atoms with van der Waals surface area (Å²) in [6.45, 7) is 4.24. The lowest BCUT2D eigenvalue weighted by Gasteiger charge is -2.21. The fraction of sp³-hybridized carbons (Fsp3) is 0.294. The SMILES string of the molecule is CCCN(Cc1nc2ccsc2c(=O)[nH]1)Cc1ccc(Cl)cc1Cl. The van der Waals surface area contributed by atoms with Gasteiger partial charge in [0.25, 0.3) is 5.56 Å². The molecule has 0 saturated heterocycles. The Hall–Kier alpha value is -1.40. The van der Waals surface area contributed by atoms with Crippen LogP contribution in [0.5, 0.6) is 0 Å². The third-order valence-corrected chi connectivity index (χ3v) is 5.18. The summed E-state index contributed by atoms with van der Waals surface area (Å²) in [6.07, 6.45) is 0.996. The molecule has 24 heavy (non-hydrogen) atoms. The highest BCUT2D eigenvalue weighted by Crippen LogP contribution is 2.23. The third-order valence-electron chi connectivity index (χ3n) is 3.69. The van der Waals surface area contributed by atoms with E-state index >= 15 is 0 Å². The molecule has 2 heterocycles. The molecule has 0 bridgehead atoms. The number of nitrogens with one attached hydrogen (secondary N) is 1. The Balaban J connectivity index is 1.83. The van der Waals surface area contributed by atoms with Crippen molar-refractivity contribution in [3.8, 4) is 0 Å². The van der Waals surface area contributed by atoms with Crippen LogP contribution in [0.25, 0.3) is 10.2 Å².